The van der Waals surface area contributed by atoms with Gasteiger partial charge in [-0.3, -0.25) is 14.5 Å². The van der Waals surface area contributed by atoms with Crippen LogP contribution in [0.4, 0.5) is 4.39 Å². The number of methoxy groups -OCH3 is 1. The Labute approximate surface area is 191 Å². The Kier molecular flexibility index (Phi) is 8.24. The molecule has 2 aromatic carbocycles. The first-order valence-electron chi connectivity index (χ1n) is 10.7. The summed E-state index contributed by atoms with van der Waals surface area (Å²) in [7, 11) is 3.38. The number of nitrogens with zero attached hydrogens (tertiary/aromatic N) is 1. The van der Waals surface area contributed by atoms with Gasteiger partial charge in [-0.1, -0.05) is 30.3 Å². The average molecular weight is 461 g/mol. The Morgan fingerprint density at radius 2 is 1.79 bits per heavy atom. The molecule has 1 fully saturated rings. The van der Waals surface area contributed by atoms with Gasteiger partial charge in [-0.05, 0) is 25.2 Å². The number of carboxylic acids is 1. The number of aliphatic hydroxyl groups excluding tert-OH is 1. The van der Waals surface area contributed by atoms with E-state index in [9.17, 15) is 19.1 Å². The van der Waals surface area contributed by atoms with Crippen LogP contribution in [0.2, 0.25) is 0 Å². The van der Waals surface area contributed by atoms with E-state index >= 15 is 0 Å². The van der Waals surface area contributed by atoms with Gasteiger partial charge in [0.05, 0.1) is 25.6 Å². The molecule has 3 N–H and O–H groups in total. The number of para-hydroxylation sites is 2. The number of halogens is 1. The number of carbonyl (C=O) groups excluding carboxylic acids is 1. The molecule has 178 valence electrons. The van der Waals surface area contributed by atoms with Crippen LogP contribution in [0, 0.1) is 5.82 Å². The molecule has 0 radical (unpaired) electrons. The highest BCUT2D eigenvalue weighted by atomic mass is 19.1. The first kappa shape index (κ1) is 24.5. The number of aliphatic hydroxyl groups is 1. The van der Waals surface area contributed by atoms with Crippen molar-refractivity contribution in [3.05, 3.63) is 59.9 Å². The molecule has 0 heterocycles. The molecule has 1 aliphatic rings. The van der Waals surface area contributed by atoms with Crippen LogP contribution < -0.4 is 14.8 Å². The number of amides is 1. The van der Waals surface area contributed by atoms with Crippen molar-refractivity contribution in [3.8, 4) is 11.5 Å². The summed E-state index contributed by atoms with van der Waals surface area (Å²) in [5, 5.41) is 22.8. The van der Waals surface area contributed by atoms with Crippen molar-refractivity contribution in [2.45, 2.75) is 50.1 Å². The Balaban J connectivity index is 1.79. The van der Waals surface area contributed by atoms with Gasteiger partial charge in [-0.25, -0.2) is 4.39 Å². The third-order valence-electron chi connectivity index (χ3n) is 5.78. The maximum Gasteiger partial charge on any atom is 0.303 e. The minimum Gasteiger partial charge on any atom is -0.496 e. The van der Waals surface area contributed by atoms with Crippen molar-refractivity contribution < 1.29 is 33.7 Å². The number of ether oxygens (including phenoxy) is 2. The van der Waals surface area contributed by atoms with Crippen LogP contribution in [0.15, 0.2) is 48.5 Å². The maximum absolute atomic E-state index is 14.1. The summed E-state index contributed by atoms with van der Waals surface area (Å²) in [5.41, 5.74) is 0.893. The number of nitrogens with one attached hydrogen (secondary N) is 1. The highest BCUT2D eigenvalue weighted by Gasteiger charge is 2.46. The SMILES string of the molecule is COc1ccccc1CN(C)[C@@H]1[C@@H](O)[C@H](Oc2ccccc2F)C[C@H]1NC(=O)CCC(=O)O. The second kappa shape index (κ2) is 11.1. The lowest BCUT2D eigenvalue weighted by atomic mass is 10.1. The molecule has 9 heteroatoms. The van der Waals surface area contributed by atoms with Crippen LogP contribution in [0.25, 0.3) is 0 Å². The first-order chi connectivity index (χ1) is 15.8. The topological polar surface area (TPSA) is 108 Å². The predicted molar refractivity (Wildman–Crippen MR) is 118 cm³/mol. The molecule has 0 saturated heterocycles. The average Bonchev–Trinajstić information content (AvgIpc) is 3.08. The van der Waals surface area contributed by atoms with Gasteiger partial charge < -0.3 is 25.0 Å². The number of carbonyl (C=O) groups is 2. The summed E-state index contributed by atoms with van der Waals surface area (Å²) in [4.78, 5) is 25.1. The molecule has 3 rings (SSSR count). The minimum atomic E-state index is -1.07. The van der Waals surface area contributed by atoms with Crippen molar-refractivity contribution >= 4 is 11.9 Å². The monoisotopic (exact) mass is 460 g/mol. The summed E-state index contributed by atoms with van der Waals surface area (Å²) >= 11 is 0. The Morgan fingerprint density at radius 3 is 2.45 bits per heavy atom. The third kappa shape index (κ3) is 6.21. The van der Waals surface area contributed by atoms with Crippen LogP contribution >= 0.6 is 0 Å². The Morgan fingerprint density at radius 1 is 1.12 bits per heavy atom. The van der Waals surface area contributed by atoms with Crippen LogP contribution in [-0.2, 0) is 16.1 Å². The van der Waals surface area contributed by atoms with E-state index in [0.717, 1.165) is 5.56 Å². The first-order valence-corrected chi connectivity index (χ1v) is 10.7. The van der Waals surface area contributed by atoms with Crippen LogP contribution in [-0.4, -0.2) is 65.4 Å². The summed E-state index contributed by atoms with van der Waals surface area (Å²) in [6, 6.07) is 12.3. The molecule has 0 spiro atoms. The lowest BCUT2D eigenvalue weighted by Gasteiger charge is -2.32. The van der Waals surface area contributed by atoms with Gasteiger partial charge in [0.15, 0.2) is 11.6 Å². The summed E-state index contributed by atoms with van der Waals surface area (Å²) < 4.78 is 25.3. The van der Waals surface area contributed by atoms with E-state index < -0.39 is 42.0 Å². The fraction of sp³-hybridized carbons (Fsp3) is 0.417. The van der Waals surface area contributed by atoms with Crippen LogP contribution in [0.1, 0.15) is 24.8 Å². The minimum absolute atomic E-state index is 0.0190. The standard InChI is InChI=1S/C24H29FN2O6/c1-27(14-15-7-3-5-9-18(15)32-2)23-17(26-21(28)11-12-22(29)30)13-20(24(23)31)33-19-10-6-4-8-16(19)25/h3-10,17,20,23-24,31H,11-14H2,1-2H3,(H,26,28)(H,29,30)/t17-,20-,23+,24+/m1/s1. The molecule has 33 heavy (non-hydrogen) atoms. The number of rotatable bonds is 10. The van der Waals surface area contributed by atoms with Gasteiger partial charge in [-0.2, -0.15) is 0 Å². The zero-order valence-corrected chi connectivity index (χ0v) is 18.6. The quantitative estimate of drug-likeness (QED) is 0.499. The van der Waals surface area contributed by atoms with E-state index in [0.29, 0.717) is 12.3 Å². The van der Waals surface area contributed by atoms with Crippen molar-refractivity contribution in [2.24, 2.45) is 0 Å². The Hall–Kier alpha value is -3.17. The molecule has 0 bridgehead atoms. The molecule has 8 nitrogen and oxygen atoms in total. The molecule has 0 unspecified atom stereocenters. The van der Waals surface area contributed by atoms with Gasteiger partial charge in [0.1, 0.15) is 18.0 Å². The highest BCUT2D eigenvalue weighted by molar-refractivity contribution is 5.80. The molecule has 1 saturated carbocycles. The van der Waals surface area contributed by atoms with Gasteiger partial charge in [0.2, 0.25) is 5.91 Å². The molecule has 2 aromatic rings. The third-order valence-corrected chi connectivity index (χ3v) is 5.78. The van der Waals surface area contributed by atoms with Crippen molar-refractivity contribution in [1.29, 1.82) is 0 Å². The number of hydrogen-bond acceptors (Lipinski definition) is 6. The van der Waals surface area contributed by atoms with E-state index in [2.05, 4.69) is 5.32 Å². The van der Waals surface area contributed by atoms with Crippen LogP contribution in [0.5, 0.6) is 11.5 Å². The zero-order valence-electron chi connectivity index (χ0n) is 18.6. The zero-order chi connectivity index (χ0) is 24.0. The molecule has 1 amide bonds. The molecule has 0 aromatic heterocycles. The lowest BCUT2D eigenvalue weighted by molar-refractivity contribution is -0.139. The van der Waals surface area contributed by atoms with Crippen molar-refractivity contribution in [2.75, 3.05) is 14.2 Å². The molecular formula is C24H29FN2O6. The number of carboxylic acid groups (broad SMARTS) is 1. The van der Waals surface area contributed by atoms with Crippen molar-refractivity contribution in [1.82, 2.24) is 10.2 Å². The summed E-state index contributed by atoms with van der Waals surface area (Å²) in [6.07, 6.45) is -2.04. The fourth-order valence-corrected chi connectivity index (χ4v) is 4.23. The van der Waals surface area contributed by atoms with Gasteiger partial charge in [0.25, 0.3) is 0 Å². The van der Waals surface area contributed by atoms with Gasteiger partial charge in [0, 0.05) is 24.9 Å². The molecular weight excluding hydrogens is 431 g/mol. The van der Waals surface area contributed by atoms with E-state index in [4.69, 9.17) is 14.6 Å². The number of likely N-dealkylation sites (N-methyl/N-ethyl adjacent to an activating group) is 1. The van der Waals surface area contributed by atoms with Crippen molar-refractivity contribution in [3.63, 3.8) is 0 Å². The maximum atomic E-state index is 14.1. The molecule has 1 aliphatic carbocycles. The number of hydrogen-bond donors (Lipinski definition) is 3. The predicted octanol–water partition coefficient (Wildman–Crippen LogP) is 2.20. The molecule has 0 aliphatic heterocycles. The van der Waals surface area contributed by atoms with Gasteiger partial charge in [-0.15, -0.1) is 0 Å². The van der Waals surface area contributed by atoms with Crippen LogP contribution in [0.3, 0.4) is 0 Å². The second-order valence-corrected chi connectivity index (χ2v) is 8.10. The number of aliphatic carboxylic acids is 1. The summed E-state index contributed by atoms with van der Waals surface area (Å²) in [5.74, 6) is -1.33. The van der Waals surface area contributed by atoms with E-state index in [1.165, 1.54) is 12.1 Å². The second-order valence-electron chi connectivity index (χ2n) is 8.10. The smallest absolute Gasteiger partial charge is 0.303 e. The highest BCUT2D eigenvalue weighted by Crippen LogP contribution is 2.31. The van der Waals surface area contributed by atoms with Gasteiger partial charge >= 0.3 is 5.97 Å². The van der Waals surface area contributed by atoms with E-state index in [-0.39, 0.29) is 25.0 Å². The van der Waals surface area contributed by atoms with E-state index in [1.54, 1.807) is 19.2 Å². The Bertz CT molecular complexity index is 971. The van der Waals surface area contributed by atoms with E-state index in [1.807, 2.05) is 36.2 Å². The largest absolute Gasteiger partial charge is 0.496 e. The number of benzene rings is 2. The lowest BCUT2D eigenvalue weighted by Crippen LogP contribution is -2.51. The normalized spacial score (nSPS) is 22.2. The summed E-state index contributed by atoms with van der Waals surface area (Å²) in [6.45, 7) is 0.416. The fourth-order valence-electron chi connectivity index (χ4n) is 4.23. The molecule has 4 atom stereocenters.